The lowest BCUT2D eigenvalue weighted by molar-refractivity contribution is -0.153. The second-order valence-corrected chi connectivity index (χ2v) is 5.92. The normalized spacial score (nSPS) is 39.7. The van der Waals surface area contributed by atoms with E-state index in [-0.39, 0.29) is 24.2 Å². The third-order valence-corrected chi connectivity index (χ3v) is 4.90. The molecular formula is C13H24ClF2NO. The molecular weight excluding hydrogens is 260 g/mol. The van der Waals surface area contributed by atoms with Crippen LogP contribution in [0, 0.1) is 17.8 Å². The van der Waals surface area contributed by atoms with Crippen molar-refractivity contribution in [1.82, 2.24) is 5.32 Å². The highest BCUT2D eigenvalue weighted by Gasteiger charge is 2.49. The number of hydrogen-bond acceptors (Lipinski definition) is 2. The molecule has 0 aromatic heterocycles. The highest BCUT2D eigenvalue weighted by molar-refractivity contribution is 5.85. The van der Waals surface area contributed by atoms with E-state index in [0.717, 1.165) is 32.2 Å². The fourth-order valence-corrected chi connectivity index (χ4v) is 3.85. The topological polar surface area (TPSA) is 32.3 Å². The van der Waals surface area contributed by atoms with Gasteiger partial charge in [-0.05, 0) is 57.4 Å². The van der Waals surface area contributed by atoms with E-state index in [1.54, 1.807) is 0 Å². The Morgan fingerprint density at radius 3 is 2.50 bits per heavy atom. The quantitative estimate of drug-likeness (QED) is 0.817. The molecule has 2 aliphatic rings. The Bertz CT molecular complexity index is 276. The molecule has 1 aliphatic carbocycles. The van der Waals surface area contributed by atoms with Gasteiger partial charge in [-0.2, -0.15) is 0 Å². The van der Waals surface area contributed by atoms with Crippen LogP contribution in [-0.4, -0.2) is 29.7 Å². The van der Waals surface area contributed by atoms with Crippen LogP contribution in [0.15, 0.2) is 0 Å². The average molecular weight is 284 g/mol. The van der Waals surface area contributed by atoms with Crippen LogP contribution in [0.2, 0.25) is 0 Å². The Hall–Kier alpha value is 0.0700. The molecule has 0 amide bonds. The van der Waals surface area contributed by atoms with Gasteiger partial charge in [0.1, 0.15) is 5.60 Å². The summed E-state index contributed by atoms with van der Waals surface area (Å²) >= 11 is 0. The van der Waals surface area contributed by atoms with Crippen LogP contribution in [0.25, 0.3) is 0 Å². The summed E-state index contributed by atoms with van der Waals surface area (Å²) in [6.07, 6.45) is 1.08. The summed E-state index contributed by atoms with van der Waals surface area (Å²) in [4.78, 5) is 0. The number of alkyl halides is 2. The van der Waals surface area contributed by atoms with E-state index < -0.39 is 12.0 Å². The van der Waals surface area contributed by atoms with E-state index in [1.165, 1.54) is 6.92 Å². The summed E-state index contributed by atoms with van der Waals surface area (Å²) in [5.74, 6) is 0.461. The Kier molecular flexibility index (Phi) is 5.39. The Morgan fingerprint density at radius 2 is 1.89 bits per heavy atom. The fraction of sp³-hybridized carbons (Fsp3) is 1.00. The fourth-order valence-electron chi connectivity index (χ4n) is 3.85. The van der Waals surface area contributed by atoms with Crippen molar-refractivity contribution in [2.24, 2.45) is 17.8 Å². The van der Waals surface area contributed by atoms with E-state index in [4.69, 9.17) is 0 Å². The maximum Gasteiger partial charge on any atom is 0.266 e. The summed E-state index contributed by atoms with van der Waals surface area (Å²) < 4.78 is 26.0. The monoisotopic (exact) mass is 283 g/mol. The lowest BCUT2D eigenvalue weighted by atomic mass is 9.62. The molecule has 2 fully saturated rings. The third kappa shape index (κ3) is 2.81. The highest BCUT2D eigenvalue weighted by atomic mass is 35.5. The van der Waals surface area contributed by atoms with Crippen molar-refractivity contribution in [2.75, 3.05) is 6.54 Å². The predicted molar refractivity (Wildman–Crippen MR) is 70.3 cm³/mol. The molecule has 18 heavy (non-hydrogen) atoms. The van der Waals surface area contributed by atoms with Crippen molar-refractivity contribution in [2.45, 2.75) is 57.6 Å². The highest BCUT2D eigenvalue weighted by Crippen LogP contribution is 2.46. The van der Waals surface area contributed by atoms with Crippen LogP contribution in [-0.2, 0) is 0 Å². The second kappa shape index (κ2) is 6.02. The van der Waals surface area contributed by atoms with Gasteiger partial charge < -0.3 is 10.4 Å². The Balaban J connectivity index is 0.00000162. The van der Waals surface area contributed by atoms with Crippen molar-refractivity contribution in [1.29, 1.82) is 0 Å². The first-order valence-electron chi connectivity index (χ1n) is 6.68. The number of aliphatic hydroxyl groups is 1. The number of rotatable bonds is 2. The van der Waals surface area contributed by atoms with Crippen LogP contribution in [0.4, 0.5) is 8.78 Å². The van der Waals surface area contributed by atoms with Crippen molar-refractivity contribution >= 4 is 12.4 Å². The number of halogens is 3. The number of hydrogen-bond donors (Lipinski definition) is 2. The Morgan fingerprint density at radius 1 is 1.22 bits per heavy atom. The van der Waals surface area contributed by atoms with Crippen LogP contribution >= 0.6 is 12.4 Å². The SMILES string of the molecule is C[C@@H]1NCC[C@@H]2[C@@H]1CCC[C@H]2[C@](C)(O)C(F)F.Cl. The van der Waals surface area contributed by atoms with Crippen molar-refractivity contribution in [3.8, 4) is 0 Å². The van der Waals surface area contributed by atoms with Gasteiger partial charge >= 0.3 is 0 Å². The van der Waals surface area contributed by atoms with Gasteiger partial charge in [0.25, 0.3) is 6.43 Å². The molecule has 1 saturated carbocycles. The molecule has 2 rings (SSSR count). The van der Waals surface area contributed by atoms with E-state index >= 15 is 0 Å². The van der Waals surface area contributed by atoms with Gasteiger partial charge in [0, 0.05) is 6.04 Å². The van der Waals surface area contributed by atoms with Gasteiger partial charge in [-0.25, -0.2) is 8.78 Å². The summed E-state index contributed by atoms with van der Waals surface area (Å²) in [5.41, 5.74) is -1.82. The first-order chi connectivity index (χ1) is 7.94. The minimum absolute atomic E-state index is 0. The maximum absolute atomic E-state index is 13.0. The van der Waals surface area contributed by atoms with Gasteiger partial charge in [0.05, 0.1) is 0 Å². The smallest absolute Gasteiger partial charge is 0.266 e. The number of nitrogens with one attached hydrogen (secondary N) is 1. The minimum atomic E-state index is -2.64. The Labute approximate surface area is 114 Å². The first kappa shape index (κ1) is 16.1. The first-order valence-corrected chi connectivity index (χ1v) is 6.68. The molecule has 5 heteroatoms. The van der Waals surface area contributed by atoms with Gasteiger partial charge in [-0.3, -0.25) is 0 Å². The second-order valence-electron chi connectivity index (χ2n) is 5.92. The van der Waals surface area contributed by atoms with E-state index in [0.29, 0.717) is 12.0 Å². The minimum Gasteiger partial charge on any atom is -0.384 e. The molecule has 0 aromatic rings. The molecule has 1 heterocycles. The van der Waals surface area contributed by atoms with Crippen LogP contribution < -0.4 is 5.32 Å². The molecule has 108 valence electrons. The van der Waals surface area contributed by atoms with Crippen LogP contribution in [0.3, 0.4) is 0 Å². The molecule has 0 unspecified atom stereocenters. The number of fused-ring (bicyclic) bond motifs is 1. The van der Waals surface area contributed by atoms with Gasteiger partial charge in [0.15, 0.2) is 0 Å². The molecule has 0 spiro atoms. The van der Waals surface area contributed by atoms with Gasteiger partial charge in [-0.1, -0.05) is 6.42 Å². The average Bonchev–Trinajstić information content (AvgIpc) is 2.28. The largest absolute Gasteiger partial charge is 0.384 e. The third-order valence-electron chi connectivity index (χ3n) is 4.90. The predicted octanol–water partition coefficient (Wildman–Crippen LogP) is 2.84. The molecule has 1 saturated heterocycles. The summed E-state index contributed by atoms with van der Waals surface area (Å²) in [7, 11) is 0. The van der Waals surface area contributed by atoms with Crippen LogP contribution in [0.5, 0.6) is 0 Å². The van der Waals surface area contributed by atoms with Gasteiger partial charge in [0.2, 0.25) is 0 Å². The van der Waals surface area contributed by atoms with Crippen molar-refractivity contribution < 1.29 is 13.9 Å². The summed E-state index contributed by atoms with van der Waals surface area (Å²) in [6, 6.07) is 0.394. The summed E-state index contributed by atoms with van der Waals surface area (Å²) in [5, 5.41) is 13.5. The molecule has 0 radical (unpaired) electrons. The molecule has 1 aliphatic heterocycles. The molecule has 2 nitrogen and oxygen atoms in total. The zero-order chi connectivity index (χ0) is 12.6. The zero-order valence-electron chi connectivity index (χ0n) is 11.0. The lowest BCUT2D eigenvalue weighted by Gasteiger charge is -2.49. The number of piperidine rings is 1. The van der Waals surface area contributed by atoms with Crippen LogP contribution in [0.1, 0.15) is 39.5 Å². The zero-order valence-corrected chi connectivity index (χ0v) is 11.9. The lowest BCUT2D eigenvalue weighted by Crippen LogP contribution is -2.55. The van der Waals surface area contributed by atoms with E-state index in [2.05, 4.69) is 12.2 Å². The van der Waals surface area contributed by atoms with Crippen molar-refractivity contribution in [3.63, 3.8) is 0 Å². The van der Waals surface area contributed by atoms with Crippen molar-refractivity contribution in [3.05, 3.63) is 0 Å². The molecule has 0 aromatic carbocycles. The molecule has 5 atom stereocenters. The van der Waals surface area contributed by atoms with Gasteiger partial charge in [-0.15, -0.1) is 12.4 Å². The van der Waals surface area contributed by atoms with E-state index in [1.807, 2.05) is 0 Å². The molecule has 0 bridgehead atoms. The van der Waals surface area contributed by atoms with E-state index in [9.17, 15) is 13.9 Å². The summed E-state index contributed by atoms with van der Waals surface area (Å²) in [6.45, 7) is 4.34. The molecule has 2 N–H and O–H groups in total. The maximum atomic E-state index is 13.0. The standard InChI is InChI=1S/C13H23F2NO.ClH/c1-8-9-4-3-5-11(10(9)6-7-16-8)13(2,17)12(14)15;/h8-12,16-17H,3-7H2,1-2H3;1H/t8-,9+,10+,11+,13-;/m0./s1.